The minimum atomic E-state index is -0.852. The van der Waals surface area contributed by atoms with Gasteiger partial charge in [0, 0.05) is 0 Å². The van der Waals surface area contributed by atoms with Gasteiger partial charge in [-0.2, -0.15) is 0 Å². The number of carbonyl (C=O) groups is 1. The summed E-state index contributed by atoms with van der Waals surface area (Å²) >= 11 is 2.82. The third-order valence-corrected chi connectivity index (χ3v) is 9.27. The normalized spacial score (nSPS) is 14.6. The molecule has 0 spiro atoms. The number of hydrogen-bond donors (Lipinski definition) is 1. The van der Waals surface area contributed by atoms with Crippen molar-refractivity contribution >= 4 is 47.6 Å². The molecule has 2 heterocycles. The van der Waals surface area contributed by atoms with Crippen LogP contribution in [-0.2, 0) is 11.2 Å². The third-order valence-electron chi connectivity index (χ3n) is 5.77. The number of carboxylic acids is 1. The van der Waals surface area contributed by atoms with E-state index in [0.717, 1.165) is 36.9 Å². The monoisotopic (exact) mass is 584 g/mol. The van der Waals surface area contributed by atoms with Crippen LogP contribution in [0.1, 0.15) is 18.4 Å². The summed E-state index contributed by atoms with van der Waals surface area (Å²) in [6, 6.07) is 13.9. The van der Waals surface area contributed by atoms with Crippen LogP contribution in [0.2, 0.25) is 4.71 Å². The van der Waals surface area contributed by atoms with Crippen LogP contribution < -0.4 is 9.22 Å². The van der Waals surface area contributed by atoms with Gasteiger partial charge < -0.3 is 0 Å². The van der Waals surface area contributed by atoms with Crippen LogP contribution in [0.15, 0.2) is 65.5 Å². The fraction of sp³-hybridized carbons (Fsp3) is 0.240. The first-order valence-corrected chi connectivity index (χ1v) is 13.7. The minimum absolute atomic E-state index is 0.306. The summed E-state index contributed by atoms with van der Waals surface area (Å²) in [5.74, 6) is 0.220. The Balaban J connectivity index is 1.44. The number of halogens is 2. The van der Waals surface area contributed by atoms with Gasteiger partial charge in [-0.05, 0) is 0 Å². The second-order valence-corrected chi connectivity index (χ2v) is 11.8. The molecule has 0 unspecified atom stereocenters. The molecule has 0 bridgehead atoms. The van der Waals surface area contributed by atoms with E-state index in [9.17, 15) is 14.3 Å². The summed E-state index contributed by atoms with van der Waals surface area (Å²) in [7, 11) is 0. The van der Waals surface area contributed by atoms with Gasteiger partial charge in [-0.1, -0.05) is 0 Å². The first-order valence-electron chi connectivity index (χ1n) is 10.9. The number of rotatable bonds is 9. The molecule has 6 nitrogen and oxygen atoms in total. The van der Waals surface area contributed by atoms with E-state index in [1.165, 1.54) is 31.3 Å². The second-order valence-electron chi connectivity index (χ2n) is 8.29. The molecule has 1 saturated carbocycles. The number of benzene rings is 2. The van der Waals surface area contributed by atoms with Crippen molar-refractivity contribution in [1.29, 1.82) is 0 Å². The topological polar surface area (TPSA) is 76.7 Å². The maximum absolute atomic E-state index is 13.4. The number of para-hydroxylation sites is 1. The summed E-state index contributed by atoms with van der Waals surface area (Å²) in [5.41, 5.74) is 3.31. The van der Waals surface area contributed by atoms with Gasteiger partial charge in [0.15, 0.2) is 0 Å². The first kappa shape index (κ1) is 23.1. The molecule has 0 saturated heterocycles. The van der Waals surface area contributed by atoms with Gasteiger partial charge in [-0.3, -0.25) is 0 Å². The van der Waals surface area contributed by atoms with Crippen molar-refractivity contribution in [2.24, 2.45) is 5.92 Å². The molecule has 4 aromatic rings. The van der Waals surface area contributed by atoms with Crippen LogP contribution in [0.5, 0.6) is 5.75 Å². The quantitative estimate of drug-likeness (QED) is 0.293. The molecule has 34 heavy (non-hydrogen) atoms. The van der Waals surface area contributed by atoms with Crippen LogP contribution in [0.25, 0.3) is 16.6 Å². The van der Waals surface area contributed by atoms with Crippen LogP contribution in [0.4, 0.5) is 4.39 Å². The molecule has 5 rings (SSSR count). The molecule has 0 aliphatic heterocycles. The number of carboxylic acid groups (broad SMARTS) is 1. The first-order chi connectivity index (χ1) is 16.5. The molecule has 1 radical (unpaired) electrons. The molecule has 1 atom stereocenters. The molecule has 1 aliphatic rings. The van der Waals surface area contributed by atoms with E-state index in [-0.39, 0.29) is 5.82 Å². The molecular weight excluding hydrogens is 564 g/mol. The number of aliphatic carboxylic acids is 1. The zero-order chi connectivity index (χ0) is 23.7. The summed E-state index contributed by atoms with van der Waals surface area (Å²) in [4.78, 5) is 16.7. The Hall–Kier alpha value is -2.70. The van der Waals surface area contributed by atoms with E-state index in [1.54, 1.807) is 16.6 Å². The van der Waals surface area contributed by atoms with Crippen LogP contribution in [-0.4, -0.2) is 48.0 Å². The molecule has 173 valence electrons. The van der Waals surface area contributed by atoms with Crippen molar-refractivity contribution in [3.8, 4) is 16.9 Å². The van der Waals surface area contributed by atoms with Gasteiger partial charge in [0.05, 0.1) is 0 Å². The van der Waals surface area contributed by atoms with Crippen molar-refractivity contribution in [2.75, 3.05) is 6.61 Å². The molecule has 0 amide bonds. The van der Waals surface area contributed by atoms with Gasteiger partial charge >= 0.3 is 212 Å². The zero-order valence-corrected chi connectivity index (χ0v) is 21.5. The van der Waals surface area contributed by atoms with Crippen LogP contribution >= 0.6 is 15.9 Å². The summed E-state index contributed by atoms with van der Waals surface area (Å²) < 4.78 is 22.0. The predicted octanol–water partition coefficient (Wildman–Crippen LogP) is 4.53. The summed E-state index contributed by atoms with van der Waals surface area (Å²) in [6.07, 6.45) is 6.05. The van der Waals surface area contributed by atoms with Gasteiger partial charge in [0.25, 0.3) is 0 Å². The Bertz CT molecular complexity index is 1340. The standard InChI is InChI=1S/C25H21AsBrFN3O3/c27-22-19(16-7-9-18(28)10-8-16)12-31-23(22)24(29-14-30-31)26-20(25(32)33)11-17-3-1-2-4-21(17)34-13-15-5-6-15/h1-4,7-10,12,14-15,20H,5-6,11,13H2,(H,32,33)/t20-/m0/s1. The zero-order valence-electron chi connectivity index (χ0n) is 18.1. The Kier molecular flexibility index (Phi) is 6.70. The fourth-order valence-corrected chi connectivity index (χ4v) is 7.18. The van der Waals surface area contributed by atoms with E-state index in [0.29, 0.717) is 18.9 Å². The van der Waals surface area contributed by atoms with E-state index in [4.69, 9.17) is 4.74 Å². The average Bonchev–Trinajstić information content (AvgIpc) is 3.60. The molecular formula is C25H21AsBrFN3O3. The van der Waals surface area contributed by atoms with Gasteiger partial charge in [-0.25, -0.2) is 0 Å². The van der Waals surface area contributed by atoms with Crippen molar-refractivity contribution in [3.63, 3.8) is 0 Å². The van der Waals surface area contributed by atoms with Crippen LogP contribution in [0, 0.1) is 11.7 Å². The van der Waals surface area contributed by atoms with Crippen molar-refractivity contribution in [2.45, 2.75) is 24.0 Å². The Morgan fingerprint density at radius 3 is 2.74 bits per heavy atom. The van der Waals surface area contributed by atoms with E-state index in [1.807, 2.05) is 30.5 Å². The third kappa shape index (κ3) is 5.03. The number of nitrogens with zero attached hydrogens (tertiary/aromatic N) is 3. The molecule has 2 aromatic carbocycles. The van der Waals surface area contributed by atoms with E-state index < -0.39 is 26.4 Å². The predicted molar refractivity (Wildman–Crippen MR) is 131 cm³/mol. The molecule has 9 heteroatoms. The molecule has 1 N–H and O–H groups in total. The van der Waals surface area contributed by atoms with Crippen LogP contribution in [0.3, 0.4) is 0 Å². The summed E-state index contributed by atoms with van der Waals surface area (Å²) in [5, 5.41) is 14.4. The second kappa shape index (κ2) is 9.88. The molecule has 2 aromatic heterocycles. The number of aromatic nitrogens is 3. The molecule has 1 fully saturated rings. The average molecular weight is 585 g/mol. The molecule has 1 aliphatic carbocycles. The number of ether oxygens (including phenoxy) is 1. The van der Waals surface area contributed by atoms with Crippen molar-refractivity contribution in [1.82, 2.24) is 14.6 Å². The number of fused-ring (bicyclic) bond motifs is 1. The summed E-state index contributed by atoms with van der Waals surface area (Å²) in [6.45, 7) is 0.679. The Labute approximate surface area is 211 Å². The Morgan fingerprint density at radius 1 is 1.24 bits per heavy atom. The van der Waals surface area contributed by atoms with Gasteiger partial charge in [0.1, 0.15) is 0 Å². The van der Waals surface area contributed by atoms with Crippen molar-refractivity contribution in [3.05, 3.63) is 76.9 Å². The SMILES string of the molecule is O=C(O)[C@H](Cc1ccccc1OCC1CC1)[As]c1ncnn2cc(-c3ccc(F)cc3)c(Br)c12. The van der Waals surface area contributed by atoms with E-state index in [2.05, 4.69) is 26.0 Å². The Morgan fingerprint density at radius 2 is 2.00 bits per heavy atom. The van der Waals surface area contributed by atoms with Gasteiger partial charge in [-0.15, -0.1) is 0 Å². The number of hydrogen-bond acceptors (Lipinski definition) is 4. The maximum atomic E-state index is 13.4. The van der Waals surface area contributed by atoms with Gasteiger partial charge in [0.2, 0.25) is 0 Å². The van der Waals surface area contributed by atoms with E-state index >= 15 is 0 Å². The fourth-order valence-electron chi connectivity index (χ4n) is 3.74. The van der Waals surface area contributed by atoms with Crippen molar-refractivity contribution < 1.29 is 19.0 Å².